The monoisotopic (exact) mass is 389 g/mol. The Morgan fingerprint density at radius 3 is 2.46 bits per heavy atom. The van der Waals surface area contributed by atoms with Crippen molar-refractivity contribution in [2.75, 3.05) is 39.8 Å². The van der Waals surface area contributed by atoms with Crippen LogP contribution < -0.4 is 0 Å². The Hall–Kier alpha value is -1.70. The zero-order valence-electron chi connectivity index (χ0n) is 15.1. The number of rotatable bonds is 4. The predicted octanol–water partition coefficient (Wildman–Crippen LogP) is 2.22. The highest BCUT2D eigenvalue weighted by molar-refractivity contribution is 8.26. The van der Waals surface area contributed by atoms with Gasteiger partial charge in [0, 0.05) is 26.2 Å². The van der Waals surface area contributed by atoms with Gasteiger partial charge in [-0.3, -0.25) is 14.5 Å². The summed E-state index contributed by atoms with van der Waals surface area (Å²) in [6.07, 6.45) is 2.83. The minimum Gasteiger partial charge on any atom is -0.339 e. The molecule has 138 valence electrons. The minimum absolute atomic E-state index is 0.0283. The molecule has 2 saturated heterocycles. The maximum absolute atomic E-state index is 12.7. The second-order valence-corrected chi connectivity index (χ2v) is 8.22. The van der Waals surface area contributed by atoms with Crippen molar-refractivity contribution in [2.45, 2.75) is 13.3 Å². The minimum atomic E-state index is -0.179. The molecule has 0 bridgehead atoms. The largest absolute Gasteiger partial charge is 0.339 e. The van der Waals surface area contributed by atoms with Gasteiger partial charge < -0.3 is 9.80 Å². The van der Waals surface area contributed by atoms with Gasteiger partial charge in [-0.05, 0) is 30.7 Å². The number of carbonyl (C=O) groups excluding carboxylic acids is 2. The highest BCUT2D eigenvalue weighted by Crippen LogP contribution is 2.32. The van der Waals surface area contributed by atoms with Crippen molar-refractivity contribution in [3.8, 4) is 0 Å². The van der Waals surface area contributed by atoms with Crippen LogP contribution in [0.5, 0.6) is 0 Å². The van der Waals surface area contributed by atoms with Gasteiger partial charge in [-0.1, -0.05) is 55.2 Å². The molecule has 2 amide bonds. The van der Waals surface area contributed by atoms with Gasteiger partial charge in [0.2, 0.25) is 5.91 Å². The molecular weight excluding hydrogens is 366 g/mol. The van der Waals surface area contributed by atoms with Gasteiger partial charge in [0.05, 0.1) is 4.91 Å². The Kier molecular flexibility index (Phi) is 6.11. The summed E-state index contributed by atoms with van der Waals surface area (Å²) >= 11 is 6.60. The van der Waals surface area contributed by atoms with Gasteiger partial charge in [0.1, 0.15) is 10.9 Å². The highest BCUT2D eigenvalue weighted by Gasteiger charge is 2.34. The van der Waals surface area contributed by atoms with Crippen molar-refractivity contribution in [2.24, 2.45) is 0 Å². The third kappa shape index (κ3) is 4.34. The van der Waals surface area contributed by atoms with Crippen LogP contribution in [0.3, 0.4) is 0 Å². The molecular formula is C19H23N3O2S2. The number of carbonyl (C=O) groups is 2. The molecule has 0 saturated carbocycles. The van der Waals surface area contributed by atoms with E-state index < -0.39 is 0 Å². The number of piperazine rings is 1. The molecule has 1 aromatic carbocycles. The summed E-state index contributed by atoms with van der Waals surface area (Å²) in [5, 5.41) is 0. The van der Waals surface area contributed by atoms with Crippen LogP contribution in [0.1, 0.15) is 18.1 Å². The Morgan fingerprint density at radius 2 is 1.85 bits per heavy atom. The first kappa shape index (κ1) is 19.1. The van der Waals surface area contributed by atoms with Crippen LogP contribution in [-0.2, 0) is 16.0 Å². The number of benzene rings is 1. The quantitative estimate of drug-likeness (QED) is 0.584. The molecule has 0 atom stereocenters. The smallest absolute Gasteiger partial charge is 0.266 e. The molecule has 2 heterocycles. The second kappa shape index (κ2) is 8.33. The molecule has 0 N–H and O–H groups in total. The number of hydrogen-bond acceptors (Lipinski definition) is 5. The first-order valence-electron chi connectivity index (χ1n) is 8.78. The summed E-state index contributed by atoms with van der Waals surface area (Å²) in [5.41, 5.74) is 2.22. The van der Waals surface area contributed by atoms with E-state index >= 15 is 0 Å². The summed E-state index contributed by atoms with van der Waals surface area (Å²) in [4.78, 5) is 31.2. The molecule has 7 heteroatoms. The van der Waals surface area contributed by atoms with Crippen LogP contribution >= 0.6 is 24.0 Å². The van der Waals surface area contributed by atoms with E-state index in [0.717, 1.165) is 25.1 Å². The molecule has 0 unspecified atom stereocenters. The van der Waals surface area contributed by atoms with Crippen molar-refractivity contribution in [1.29, 1.82) is 0 Å². The van der Waals surface area contributed by atoms with Crippen LogP contribution in [0.25, 0.3) is 6.08 Å². The summed E-state index contributed by atoms with van der Waals surface area (Å²) in [6.45, 7) is 5.25. The molecule has 0 radical (unpaired) electrons. The lowest BCUT2D eigenvalue weighted by Crippen LogP contribution is -2.50. The van der Waals surface area contributed by atoms with E-state index in [2.05, 4.69) is 24.0 Å². The number of thioether (sulfide) groups is 1. The summed E-state index contributed by atoms with van der Waals surface area (Å²) in [6, 6.07) is 8.12. The molecule has 26 heavy (non-hydrogen) atoms. The summed E-state index contributed by atoms with van der Waals surface area (Å²) < 4.78 is 0.453. The highest BCUT2D eigenvalue weighted by atomic mass is 32.2. The number of amides is 2. The van der Waals surface area contributed by atoms with Crippen LogP contribution in [0.15, 0.2) is 29.2 Å². The van der Waals surface area contributed by atoms with Crippen LogP contribution in [0.2, 0.25) is 0 Å². The lowest BCUT2D eigenvalue weighted by Gasteiger charge is -2.33. The molecule has 5 nitrogen and oxygen atoms in total. The Bertz CT molecular complexity index is 738. The van der Waals surface area contributed by atoms with Gasteiger partial charge >= 0.3 is 0 Å². The molecule has 2 fully saturated rings. The van der Waals surface area contributed by atoms with Crippen LogP contribution in [0, 0.1) is 0 Å². The molecule has 1 aromatic rings. The summed E-state index contributed by atoms with van der Waals surface area (Å²) in [5.74, 6) is -0.218. The summed E-state index contributed by atoms with van der Waals surface area (Å²) in [7, 11) is 2.04. The molecule has 3 rings (SSSR count). The van der Waals surface area contributed by atoms with Crippen molar-refractivity contribution in [1.82, 2.24) is 14.7 Å². The molecule has 2 aliphatic heterocycles. The fourth-order valence-electron chi connectivity index (χ4n) is 2.93. The number of hydrogen-bond donors (Lipinski definition) is 0. The predicted molar refractivity (Wildman–Crippen MR) is 110 cm³/mol. The standard InChI is InChI=1S/C19H23N3O2S2/c1-3-14-4-6-15(7-5-14)12-16-18(24)22(19(25)26-16)13-17(23)21-10-8-20(2)9-11-21/h4-7,12H,3,8-11,13H2,1-2H3/b16-12+. The van der Waals surface area contributed by atoms with Crippen molar-refractivity contribution < 1.29 is 9.59 Å². The van der Waals surface area contributed by atoms with Crippen molar-refractivity contribution in [3.63, 3.8) is 0 Å². The third-order valence-electron chi connectivity index (χ3n) is 4.71. The Morgan fingerprint density at radius 1 is 1.19 bits per heavy atom. The van der Waals surface area contributed by atoms with E-state index in [1.165, 1.54) is 22.2 Å². The van der Waals surface area contributed by atoms with Crippen LogP contribution in [-0.4, -0.2) is 70.6 Å². The fourth-order valence-corrected chi connectivity index (χ4v) is 4.18. The Labute approximate surface area is 164 Å². The SMILES string of the molecule is CCc1ccc(/C=C2/SC(=S)N(CC(=O)N3CCN(C)CC3)C2=O)cc1. The Balaban J connectivity index is 1.66. The van der Waals surface area contributed by atoms with Crippen LogP contribution in [0.4, 0.5) is 0 Å². The lowest BCUT2D eigenvalue weighted by atomic mass is 10.1. The number of aryl methyl sites for hydroxylation is 1. The van der Waals surface area contributed by atoms with E-state index in [-0.39, 0.29) is 18.4 Å². The normalized spacial score (nSPS) is 20.3. The lowest BCUT2D eigenvalue weighted by molar-refractivity contribution is -0.136. The zero-order valence-corrected chi connectivity index (χ0v) is 16.7. The molecule has 2 aliphatic rings. The van der Waals surface area contributed by atoms with Gasteiger partial charge in [-0.15, -0.1) is 0 Å². The maximum Gasteiger partial charge on any atom is 0.266 e. The van der Waals surface area contributed by atoms with Gasteiger partial charge in [0.25, 0.3) is 5.91 Å². The maximum atomic E-state index is 12.7. The fraction of sp³-hybridized carbons (Fsp3) is 0.421. The van der Waals surface area contributed by atoms with E-state index in [4.69, 9.17) is 12.2 Å². The molecule has 0 aromatic heterocycles. The van der Waals surface area contributed by atoms with Gasteiger partial charge in [0.15, 0.2) is 0 Å². The third-order valence-corrected chi connectivity index (χ3v) is 6.09. The number of nitrogens with zero attached hydrogens (tertiary/aromatic N) is 3. The molecule has 0 spiro atoms. The van der Waals surface area contributed by atoms with Crippen molar-refractivity contribution in [3.05, 3.63) is 40.3 Å². The van der Waals surface area contributed by atoms with Gasteiger partial charge in [-0.2, -0.15) is 0 Å². The number of thiocarbonyl (C=S) groups is 1. The van der Waals surface area contributed by atoms with Gasteiger partial charge in [-0.25, -0.2) is 0 Å². The first-order valence-corrected chi connectivity index (χ1v) is 10.0. The molecule has 0 aliphatic carbocycles. The van der Waals surface area contributed by atoms with E-state index in [9.17, 15) is 9.59 Å². The average molecular weight is 390 g/mol. The van der Waals surface area contributed by atoms with E-state index in [1.807, 2.05) is 30.2 Å². The number of likely N-dealkylation sites (N-methyl/N-ethyl adjacent to an activating group) is 1. The zero-order chi connectivity index (χ0) is 18.7. The van der Waals surface area contributed by atoms with Crippen molar-refractivity contribution >= 4 is 46.2 Å². The van der Waals surface area contributed by atoms with E-state index in [1.54, 1.807) is 0 Å². The van der Waals surface area contributed by atoms with E-state index in [0.29, 0.717) is 22.3 Å². The second-order valence-electron chi connectivity index (χ2n) is 6.55. The topological polar surface area (TPSA) is 43.9 Å². The first-order chi connectivity index (χ1) is 12.5. The average Bonchev–Trinajstić information content (AvgIpc) is 2.90.